The quantitative estimate of drug-likeness (QED) is 0.793. The summed E-state index contributed by atoms with van der Waals surface area (Å²) in [6.07, 6.45) is 0. The summed E-state index contributed by atoms with van der Waals surface area (Å²) in [6, 6.07) is 3.76. The number of carbonyl (C=O) groups is 2. The topological polar surface area (TPSA) is 52.7 Å². The summed E-state index contributed by atoms with van der Waals surface area (Å²) in [5.41, 5.74) is 0.295. The highest BCUT2D eigenvalue weighted by Crippen LogP contribution is 2.19. The molecule has 1 fully saturated rings. The summed E-state index contributed by atoms with van der Waals surface area (Å²) in [5, 5.41) is 2.32. The minimum Gasteiger partial charge on any atom is -0.332 e. The van der Waals surface area contributed by atoms with Gasteiger partial charge in [-0.2, -0.15) is 0 Å². The lowest BCUT2D eigenvalue weighted by atomic mass is 10.3. The zero-order valence-corrected chi connectivity index (χ0v) is 11.8. The maximum atomic E-state index is 13.0. The molecule has 1 N–H and O–H groups in total. The zero-order chi connectivity index (χ0) is 14.7. The van der Waals surface area contributed by atoms with Crippen molar-refractivity contribution in [3.8, 4) is 0 Å². The number of carbonyl (C=O) groups excluding carboxylic acids is 2. The molecule has 20 heavy (non-hydrogen) atoms. The van der Waals surface area contributed by atoms with Gasteiger partial charge >= 0.3 is 11.8 Å². The minimum atomic E-state index is -0.739. The first-order chi connectivity index (χ1) is 9.47. The Balaban J connectivity index is 1.97. The van der Waals surface area contributed by atoms with Gasteiger partial charge < -0.3 is 15.1 Å². The summed E-state index contributed by atoms with van der Waals surface area (Å²) in [4.78, 5) is 27.4. The van der Waals surface area contributed by atoms with Gasteiger partial charge in [0.2, 0.25) is 0 Å². The lowest BCUT2D eigenvalue weighted by molar-refractivity contribution is -0.144. The van der Waals surface area contributed by atoms with Crippen LogP contribution in [0.15, 0.2) is 18.2 Å². The maximum Gasteiger partial charge on any atom is 0.313 e. The number of hydrogen-bond donors (Lipinski definition) is 1. The number of likely N-dealkylation sites (N-methyl/N-ethyl adjacent to an activating group) is 1. The first kappa shape index (κ1) is 14.7. The average molecular weight is 300 g/mol. The summed E-state index contributed by atoms with van der Waals surface area (Å²) >= 11 is 5.61. The van der Waals surface area contributed by atoms with E-state index in [0.29, 0.717) is 18.8 Å². The van der Waals surface area contributed by atoms with Gasteiger partial charge in [0.25, 0.3) is 0 Å². The average Bonchev–Trinajstić information content (AvgIpc) is 2.43. The Morgan fingerprint density at radius 3 is 2.50 bits per heavy atom. The molecule has 0 spiro atoms. The number of benzene rings is 1. The van der Waals surface area contributed by atoms with E-state index >= 15 is 0 Å². The smallest absolute Gasteiger partial charge is 0.313 e. The van der Waals surface area contributed by atoms with Crippen LogP contribution in [0.3, 0.4) is 0 Å². The van der Waals surface area contributed by atoms with Crippen molar-refractivity contribution in [2.24, 2.45) is 0 Å². The molecule has 1 aromatic carbocycles. The number of anilines is 1. The molecule has 0 bridgehead atoms. The highest BCUT2D eigenvalue weighted by Gasteiger charge is 2.24. The van der Waals surface area contributed by atoms with Crippen molar-refractivity contribution in [3.63, 3.8) is 0 Å². The van der Waals surface area contributed by atoms with Gasteiger partial charge in [-0.05, 0) is 25.2 Å². The fraction of sp³-hybridized carbons (Fsp3) is 0.385. The molecule has 0 atom stereocenters. The van der Waals surface area contributed by atoms with Gasteiger partial charge in [-0.15, -0.1) is 0 Å². The Morgan fingerprint density at radius 2 is 1.90 bits per heavy atom. The van der Waals surface area contributed by atoms with Crippen LogP contribution in [0, 0.1) is 5.82 Å². The molecule has 0 unspecified atom stereocenters. The Kier molecular flexibility index (Phi) is 4.57. The van der Waals surface area contributed by atoms with Crippen LogP contribution in [0.1, 0.15) is 0 Å². The van der Waals surface area contributed by atoms with Crippen molar-refractivity contribution in [2.45, 2.75) is 0 Å². The van der Waals surface area contributed by atoms with Crippen molar-refractivity contribution < 1.29 is 14.0 Å². The molecule has 0 radical (unpaired) electrons. The Bertz CT molecular complexity index is 530. The van der Waals surface area contributed by atoms with Crippen LogP contribution in [-0.4, -0.2) is 54.8 Å². The third-order valence-electron chi connectivity index (χ3n) is 3.16. The first-order valence-electron chi connectivity index (χ1n) is 6.21. The van der Waals surface area contributed by atoms with Gasteiger partial charge in [-0.3, -0.25) is 9.59 Å². The predicted molar refractivity (Wildman–Crippen MR) is 74.1 cm³/mol. The van der Waals surface area contributed by atoms with Crippen molar-refractivity contribution in [1.29, 1.82) is 0 Å². The SMILES string of the molecule is CN1CCN(C(=O)C(=O)Nc2ccc(F)c(Cl)c2)CC1. The highest BCUT2D eigenvalue weighted by atomic mass is 35.5. The summed E-state index contributed by atoms with van der Waals surface area (Å²) in [6.45, 7) is 2.52. The Morgan fingerprint density at radius 1 is 1.25 bits per heavy atom. The van der Waals surface area contributed by atoms with Crippen LogP contribution < -0.4 is 5.32 Å². The third-order valence-corrected chi connectivity index (χ3v) is 3.45. The fourth-order valence-electron chi connectivity index (χ4n) is 1.91. The van der Waals surface area contributed by atoms with E-state index in [2.05, 4.69) is 10.2 Å². The number of piperazine rings is 1. The van der Waals surface area contributed by atoms with E-state index in [1.165, 1.54) is 17.0 Å². The molecule has 0 aliphatic carbocycles. The molecule has 2 amide bonds. The summed E-state index contributed by atoms with van der Waals surface area (Å²) in [5.74, 6) is -1.90. The molecule has 1 heterocycles. The minimum absolute atomic E-state index is 0.102. The molecule has 1 aromatic rings. The lowest BCUT2D eigenvalue weighted by Gasteiger charge is -2.31. The van der Waals surface area contributed by atoms with E-state index in [-0.39, 0.29) is 5.02 Å². The number of halogens is 2. The second-order valence-corrected chi connectivity index (χ2v) is 5.09. The Hall–Kier alpha value is -1.66. The molecule has 1 saturated heterocycles. The van der Waals surface area contributed by atoms with Gasteiger partial charge in [0.05, 0.1) is 5.02 Å². The van der Waals surface area contributed by atoms with Gasteiger partial charge in [0.1, 0.15) is 5.82 Å². The Labute approximate surface area is 121 Å². The van der Waals surface area contributed by atoms with Gasteiger partial charge in [0.15, 0.2) is 0 Å². The normalized spacial score (nSPS) is 16.1. The van der Waals surface area contributed by atoms with Crippen LogP contribution >= 0.6 is 11.6 Å². The zero-order valence-electron chi connectivity index (χ0n) is 11.0. The van der Waals surface area contributed by atoms with Crippen LogP contribution in [0.2, 0.25) is 5.02 Å². The van der Waals surface area contributed by atoms with Crippen molar-refractivity contribution >= 4 is 29.1 Å². The fourth-order valence-corrected chi connectivity index (χ4v) is 2.09. The summed E-state index contributed by atoms with van der Waals surface area (Å²) < 4.78 is 13.0. The lowest BCUT2D eigenvalue weighted by Crippen LogP contribution is -2.50. The number of rotatable bonds is 1. The highest BCUT2D eigenvalue weighted by molar-refractivity contribution is 6.39. The van der Waals surface area contributed by atoms with E-state index in [4.69, 9.17) is 11.6 Å². The monoisotopic (exact) mass is 299 g/mol. The van der Waals surface area contributed by atoms with Gasteiger partial charge in [-0.25, -0.2) is 4.39 Å². The molecule has 1 aliphatic rings. The van der Waals surface area contributed by atoms with Crippen molar-refractivity contribution in [3.05, 3.63) is 29.0 Å². The van der Waals surface area contributed by atoms with Crippen LogP contribution in [-0.2, 0) is 9.59 Å². The number of amides is 2. The number of nitrogens with zero attached hydrogens (tertiary/aromatic N) is 2. The van der Waals surface area contributed by atoms with Crippen LogP contribution in [0.5, 0.6) is 0 Å². The molecule has 5 nitrogen and oxygen atoms in total. The first-order valence-corrected chi connectivity index (χ1v) is 6.59. The second kappa shape index (κ2) is 6.19. The predicted octanol–water partition coefficient (Wildman–Crippen LogP) is 1.19. The van der Waals surface area contributed by atoms with Gasteiger partial charge in [0, 0.05) is 31.9 Å². The number of hydrogen-bond acceptors (Lipinski definition) is 3. The van der Waals surface area contributed by atoms with E-state index in [1.54, 1.807) is 0 Å². The second-order valence-electron chi connectivity index (χ2n) is 4.68. The third kappa shape index (κ3) is 3.46. The standard InChI is InChI=1S/C13H15ClFN3O2/c1-17-4-6-18(7-5-17)13(20)12(19)16-9-2-3-11(15)10(14)8-9/h2-3,8H,4-7H2,1H3,(H,16,19). The molecule has 108 valence electrons. The molecule has 7 heteroatoms. The molecular weight excluding hydrogens is 285 g/mol. The van der Waals surface area contributed by atoms with Gasteiger partial charge in [-0.1, -0.05) is 11.6 Å². The maximum absolute atomic E-state index is 13.0. The largest absolute Gasteiger partial charge is 0.332 e. The van der Waals surface area contributed by atoms with E-state index in [1.807, 2.05) is 7.05 Å². The molecule has 1 aliphatic heterocycles. The molecule has 0 aromatic heterocycles. The van der Waals surface area contributed by atoms with E-state index < -0.39 is 17.6 Å². The van der Waals surface area contributed by atoms with Crippen LogP contribution in [0.4, 0.5) is 10.1 Å². The summed E-state index contributed by atoms with van der Waals surface area (Å²) in [7, 11) is 1.96. The molecule has 0 saturated carbocycles. The van der Waals surface area contributed by atoms with Crippen molar-refractivity contribution in [2.75, 3.05) is 38.5 Å². The van der Waals surface area contributed by atoms with Crippen LogP contribution in [0.25, 0.3) is 0 Å². The van der Waals surface area contributed by atoms with Crippen molar-refractivity contribution in [1.82, 2.24) is 9.80 Å². The molecular formula is C13H15ClFN3O2. The van der Waals surface area contributed by atoms with E-state index in [9.17, 15) is 14.0 Å². The number of nitrogens with one attached hydrogen (secondary N) is 1. The van der Waals surface area contributed by atoms with E-state index in [0.717, 1.165) is 19.2 Å². The molecule has 2 rings (SSSR count).